The lowest BCUT2D eigenvalue weighted by molar-refractivity contribution is 0.658. The van der Waals surface area contributed by atoms with E-state index < -0.39 is 0 Å². The smallest absolute Gasteiger partial charge is 0.143 e. The van der Waals surface area contributed by atoms with Crippen molar-refractivity contribution in [3.63, 3.8) is 0 Å². The zero-order valence-corrected chi connectivity index (χ0v) is 11.1. The van der Waals surface area contributed by atoms with E-state index in [0.29, 0.717) is 0 Å². The SMILES string of the molecule is CCC(N)c1ncc(-c2cccc(-n3cnnn3)c2)[nH]1. The maximum atomic E-state index is 5.97. The summed E-state index contributed by atoms with van der Waals surface area (Å²) in [6.07, 6.45) is 4.20. The van der Waals surface area contributed by atoms with Crippen LogP contribution in [0.2, 0.25) is 0 Å². The Hall–Kier alpha value is -2.54. The highest BCUT2D eigenvalue weighted by Crippen LogP contribution is 2.21. The van der Waals surface area contributed by atoms with Crippen LogP contribution in [0.15, 0.2) is 36.8 Å². The second-order valence-corrected chi connectivity index (χ2v) is 4.50. The number of nitrogens with one attached hydrogen (secondary N) is 1. The largest absolute Gasteiger partial charge is 0.341 e. The number of nitrogens with zero attached hydrogens (tertiary/aromatic N) is 5. The number of aromatic nitrogens is 6. The average molecular weight is 269 g/mol. The monoisotopic (exact) mass is 269 g/mol. The van der Waals surface area contributed by atoms with Crippen LogP contribution >= 0.6 is 0 Å². The van der Waals surface area contributed by atoms with Gasteiger partial charge in [-0.2, -0.15) is 0 Å². The minimum Gasteiger partial charge on any atom is -0.341 e. The van der Waals surface area contributed by atoms with Crippen molar-refractivity contribution in [1.29, 1.82) is 0 Å². The van der Waals surface area contributed by atoms with Crippen molar-refractivity contribution in [2.24, 2.45) is 5.73 Å². The number of rotatable bonds is 4. The molecule has 3 rings (SSSR count). The molecule has 0 aliphatic carbocycles. The molecule has 0 amide bonds. The molecule has 2 heterocycles. The van der Waals surface area contributed by atoms with Crippen LogP contribution in [0.4, 0.5) is 0 Å². The molecule has 2 aromatic heterocycles. The lowest BCUT2D eigenvalue weighted by Gasteiger charge is -2.04. The van der Waals surface area contributed by atoms with Crippen LogP contribution in [-0.4, -0.2) is 30.2 Å². The van der Waals surface area contributed by atoms with Crippen LogP contribution in [-0.2, 0) is 0 Å². The summed E-state index contributed by atoms with van der Waals surface area (Å²) in [5.41, 5.74) is 8.80. The predicted molar refractivity (Wildman–Crippen MR) is 74.0 cm³/mol. The summed E-state index contributed by atoms with van der Waals surface area (Å²) in [6, 6.07) is 7.82. The molecule has 0 bridgehead atoms. The Morgan fingerprint density at radius 1 is 1.40 bits per heavy atom. The predicted octanol–water partition coefficient (Wildman–Crippen LogP) is 1.46. The number of tetrazole rings is 1. The van der Waals surface area contributed by atoms with E-state index in [1.165, 1.54) is 0 Å². The molecule has 7 nitrogen and oxygen atoms in total. The van der Waals surface area contributed by atoms with Gasteiger partial charge in [0.1, 0.15) is 12.2 Å². The standard InChI is InChI=1S/C13H15N7/c1-2-11(14)13-15-7-12(17-13)9-4-3-5-10(6-9)20-8-16-18-19-20/h3-8,11H,2,14H2,1H3,(H,15,17). The molecular weight excluding hydrogens is 254 g/mol. The molecular formula is C13H15N7. The first-order valence-corrected chi connectivity index (χ1v) is 6.42. The Morgan fingerprint density at radius 2 is 2.30 bits per heavy atom. The van der Waals surface area contributed by atoms with Gasteiger partial charge in [0.2, 0.25) is 0 Å². The molecule has 0 saturated heterocycles. The Balaban J connectivity index is 1.94. The zero-order chi connectivity index (χ0) is 13.9. The number of aromatic amines is 1. The van der Waals surface area contributed by atoms with Gasteiger partial charge in [0.15, 0.2) is 0 Å². The van der Waals surface area contributed by atoms with Crippen molar-refractivity contribution in [2.75, 3.05) is 0 Å². The van der Waals surface area contributed by atoms with Gasteiger partial charge in [-0.05, 0) is 29.0 Å². The molecule has 0 radical (unpaired) electrons. The molecule has 0 aliphatic rings. The van der Waals surface area contributed by atoms with E-state index in [4.69, 9.17) is 5.73 Å². The molecule has 0 fully saturated rings. The fourth-order valence-electron chi connectivity index (χ4n) is 1.96. The normalized spacial score (nSPS) is 12.5. The molecule has 1 atom stereocenters. The van der Waals surface area contributed by atoms with Gasteiger partial charge in [0, 0.05) is 5.56 Å². The van der Waals surface area contributed by atoms with Gasteiger partial charge in [-0.1, -0.05) is 19.1 Å². The fourth-order valence-corrected chi connectivity index (χ4v) is 1.96. The summed E-state index contributed by atoms with van der Waals surface area (Å²) in [5.74, 6) is 0.801. The number of H-pyrrole nitrogens is 1. The van der Waals surface area contributed by atoms with E-state index in [1.807, 2.05) is 31.2 Å². The van der Waals surface area contributed by atoms with Crippen molar-refractivity contribution in [1.82, 2.24) is 30.2 Å². The van der Waals surface area contributed by atoms with Gasteiger partial charge in [0.05, 0.1) is 23.6 Å². The van der Waals surface area contributed by atoms with E-state index in [9.17, 15) is 0 Å². The summed E-state index contributed by atoms with van der Waals surface area (Å²) in [5, 5.41) is 11.1. The minimum absolute atomic E-state index is 0.0635. The van der Waals surface area contributed by atoms with Gasteiger partial charge in [0.25, 0.3) is 0 Å². The zero-order valence-electron chi connectivity index (χ0n) is 11.1. The topological polar surface area (TPSA) is 98.3 Å². The Morgan fingerprint density at radius 3 is 3.05 bits per heavy atom. The Labute approximate surface area is 115 Å². The summed E-state index contributed by atoms with van der Waals surface area (Å²) >= 11 is 0. The van der Waals surface area contributed by atoms with E-state index in [2.05, 4.69) is 25.5 Å². The number of hydrogen-bond donors (Lipinski definition) is 2. The van der Waals surface area contributed by atoms with Crippen LogP contribution in [0, 0.1) is 0 Å². The first-order valence-electron chi connectivity index (χ1n) is 6.42. The number of hydrogen-bond acceptors (Lipinski definition) is 5. The molecule has 0 spiro atoms. The number of nitrogens with two attached hydrogens (primary N) is 1. The molecule has 0 aliphatic heterocycles. The van der Waals surface area contributed by atoms with Crippen LogP contribution in [0.5, 0.6) is 0 Å². The Kier molecular flexibility index (Phi) is 3.26. The first kappa shape index (κ1) is 12.5. The summed E-state index contributed by atoms with van der Waals surface area (Å²) in [7, 11) is 0. The molecule has 1 unspecified atom stereocenters. The fraction of sp³-hybridized carbons (Fsp3) is 0.231. The van der Waals surface area contributed by atoms with E-state index in [-0.39, 0.29) is 6.04 Å². The van der Waals surface area contributed by atoms with Gasteiger partial charge < -0.3 is 10.7 Å². The molecule has 0 saturated carbocycles. The number of benzene rings is 1. The van der Waals surface area contributed by atoms with Crippen LogP contribution in [0.3, 0.4) is 0 Å². The average Bonchev–Trinajstić information content (AvgIpc) is 3.18. The van der Waals surface area contributed by atoms with Crippen molar-refractivity contribution in [3.8, 4) is 16.9 Å². The van der Waals surface area contributed by atoms with Crippen LogP contribution in [0.25, 0.3) is 16.9 Å². The summed E-state index contributed by atoms with van der Waals surface area (Å²) in [6.45, 7) is 2.03. The molecule has 1 aromatic carbocycles. The maximum absolute atomic E-state index is 5.97. The maximum Gasteiger partial charge on any atom is 0.143 e. The van der Waals surface area contributed by atoms with E-state index in [1.54, 1.807) is 17.2 Å². The van der Waals surface area contributed by atoms with Gasteiger partial charge in [-0.3, -0.25) is 0 Å². The van der Waals surface area contributed by atoms with Gasteiger partial charge in [-0.15, -0.1) is 5.10 Å². The van der Waals surface area contributed by atoms with E-state index >= 15 is 0 Å². The third-order valence-corrected chi connectivity index (χ3v) is 3.16. The third-order valence-electron chi connectivity index (χ3n) is 3.16. The highest BCUT2D eigenvalue weighted by atomic mass is 15.5. The first-order chi connectivity index (χ1) is 9.78. The third kappa shape index (κ3) is 2.30. The van der Waals surface area contributed by atoms with Crippen molar-refractivity contribution >= 4 is 0 Å². The highest BCUT2D eigenvalue weighted by molar-refractivity contribution is 5.61. The summed E-state index contributed by atoms with van der Waals surface area (Å²) in [4.78, 5) is 7.58. The molecule has 20 heavy (non-hydrogen) atoms. The second kappa shape index (κ2) is 5.22. The lowest BCUT2D eigenvalue weighted by Crippen LogP contribution is -2.10. The quantitative estimate of drug-likeness (QED) is 0.747. The van der Waals surface area contributed by atoms with Crippen molar-refractivity contribution < 1.29 is 0 Å². The van der Waals surface area contributed by atoms with Crippen molar-refractivity contribution in [2.45, 2.75) is 19.4 Å². The van der Waals surface area contributed by atoms with Crippen molar-refractivity contribution in [3.05, 3.63) is 42.6 Å². The molecule has 102 valence electrons. The lowest BCUT2D eigenvalue weighted by atomic mass is 10.1. The van der Waals surface area contributed by atoms with Crippen LogP contribution in [0.1, 0.15) is 25.2 Å². The van der Waals surface area contributed by atoms with Gasteiger partial charge in [-0.25, -0.2) is 9.67 Å². The minimum atomic E-state index is -0.0635. The second-order valence-electron chi connectivity index (χ2n) is 4.50. The molecule has 3 aromatic rings. The molecule has 7 heteroatoms. The van der Waals surface area contributed by atoms with E-state index in [0.717, 1.165) is 29.2 Å². The van der Waals surface area contributed by atoms with Gasteiger partial charge >= 0.3 is 0 Å². The highest BCUT2D eigenvalue weighted by Gasteiger charge is 2.09. The number of imidazole rings is 1. The molecule has 3 N–H and O–H groups in total. The van der Waals surface area contributed by atoms with Crippen LogP contribution < -0.4 is 5.73 Å². The Bertz CT molecular complexity index is 686. The summed E-state index contributed by atoms with van der Waals surface area (Å²) < 4.78 is 1.61.